The number of hydrogen-bond donors (Lipinski definition) is 1. The van der Waals surface area contributed by atoms with E-state index in [4.69, 9.17) is 0 Å². The number of benzene rings is 1. The fraction of sp³-hybridized carbons (Fsp3) is 0.500. The molecule has 1 fully saturated rings. The van der Waals surface area contributed by atoms with Crippen LogP contribution in [0.25, 0.3) is 5.69 Å². The number of aliphatic hydroxyl groups excluding tert-OH is 1. The molecule has 1 heterocycles. The third-order valence-electron chi connectivity index (χ3n) is 4.05. The smallest absolute Gasteiger partial charge is 0.148 e. The molecule has 1 aromatic carbocycles. The van der Waals surface area contributed by atoms with E-state index in [-0.39, 0.29) is 6.10 Å². The van der Waals surface area contributed by atoms with Crippen LogP contribution < -0.4 is 0 Å². The van der Waals surface area contributed by atoms with E-state index in [2.05, 4.69) is 41.3 Å². The molecule has 0 bridgehead atoms. The second-order valence-corrected chi connectivity index (χ2v) is 5.77. The van der Waals surface area contributed by atoms with Crippen molar-refractivity contribution in [3.8, 4) is 5.69 Å². The summed E-state index contributed by atoms with van der Waals surface area (Å²) in [6.45, 7) is 4.03. The molecule has 0 atom stereocenters. The molecule has 1 saturated carbocycles. The zero-order valence-electron chi connectivity index (χ0n) is 12.1. The van der Waals surface area contributed by atoms with Gasteiger partial charge in [-0.05, 0) is 57.2 Å². The predicted octanol–water partition coefficient (Wildman–Crippen LogP) is 2.90. The van der Waals surface area contributed by atoms with E-state index >= 15 is 0 Å². The summed E-state index contributed by atoms with van der Waals surface area (Å²) in [5.74, 6) is 2.26. The van der Waals surface area contributed by atoms with Gasteiger partial charge in [0.15, 0.2) is 0 Å². The van der Waals surface area contributed by atoms with Crippen LogP contribution in [0.5, 0.6) is 0 Å². The molecule has 1 aliphatic carbocycles. The molecule has 0 amide bonds. The highest BCUT2D eigenvalue weighted by Crippen LogP contribution is 2.32. The molecule has 0 radical (unpaired) electrons. The average Bonchev–Trinajstić information content (AvgIpc) is 2.82. The van der Waals surface area contributed by atoms with Crippen molar-refractivity contribution in [2.45, 2.75) is 51.6 Å². The molecule has 3 rings (SSSR count). The van der Waals surface area contributed by atoms with E-state index in [0.717, 1.165) is 43.0 Å². The van der Waals surface area contributed by atoms with Crippen molar-refractivity contribution in [3.63, 3.8) is 0 Å². The molecular formula is C16H21N3O. The van der Waals surface area contributed by atoms with Crippen molar-refractivity contribution in [3.05, 3.63) is 41.5 Å². The summed E-state index contributed by atoms with van der Waals surface area (Å²) in [4.78, 5) is 4.64. The summed E-state index contributed by atoms with van der Waals surface area (Å²) < 4.78 is 1.98. The second-order valence-electron chi connectivity index (χ2n) is 5.77. The van der Waals surface area contributed by atoms with Crippen LogP contribution in [0.4, 0.5) is 0 Å². The summed E-state index contributed by atoms with van der Waals surface area (Å²) >= 11 is 0. The molecule has 1 aliphatic rings. The first-order chi connectivity index (χ1) is 9.63. The molecule has 0 spiro atoms. The molecule has 2 aromatic rings. The van der Waals surface area contributed by atoms with Gasteiger partial charge in [0, 0.05) is 5.92 Å². The van der Waals surface area contributed by atoms with E-state index in [1.807, 2.05) is 11.6 Å². The van der Waals surface area contributed by atoms with Crippen LogP contribution in [0, 0.1) is 13.8 Å². The topological polar surface area (TPSA) is 50.9 Å². The largest absolute Gasteiger partial charge is 0.393 e. The molecule has 0 unspecified atom stereocenters. The average molecular weight is 271 g/mol. The zero-order valence-corrected chi connectivity index (χ0v) is 12.1. The molecule has 0 saturated heterocycles. The highest BCUT2D eigenvalue weighted by molar-refractivity contribution is 5.35. The van der Waals surface area contributed by atoms with Crippen LogP contribution in [-0.4, -0.2) is 26.0 Å². The van der Waals surface area contributed by atoms with Crippen LogP contribution in [0.1, 0.15) is 48.8 Å². The Kier molecular flexibility index (Phi) is 3.57. The minimum absolute atomic E-state index is 0.136. The summed E-state index contributed by atoms with van der Waals surface area (Å²) in [5, 5.41) is 14.2. The quantitative estimate of drug-likeness (QED) is 0.913. The van der Waals surface area contributed by atoms with Crippen LogP contribution in [0.15, 0.2) is 24.3 Å². The summed E-state index contributed by atoms with van der Waals surface area (Å²) in [6.07, 6.45) is 3.58. The maximum absolute atomic E-state index is 9.66. The Hall–Kier alpha value is -1.68. The van der Waals surface area contributed by atoms with Gasteiger partial charge in [-0.2, -0.15) is 5.10 Å². The Labute approximate surface area is 119 Å². The summed E-state index contributed by atoms with van der Waals surface area (Å²) in [5.41, 5.74) is 2.30. The van der Waals surface area contributed by atoms with Crippen LogP contribution >= 0.6 is 0 Å². The maximum atomic E-state index is 9.66. The lowest BCUT2D eigenvalue weighted by molar-refractivity contribution is 0.121. The Morgan fingerprint density at radius 3 is 2.60 bits per heavy atom. The lowest BCUT2D eigenvalue weighted by Crippen LogP contribution is -2.19. The fourth-order valence-corrected chi connectivity index (χ4v) is 2.98. The van der Waals surface area contributed by atoms with Crippen LogP contribution in [0.3, 0.4) is 0 Å². The van der Waals surface area contributed by atoms with Crippen molar-refractivity contribution in [1.82, 2.24) is 14.8 Å². The first-order valence-corrected chi connectivity index (χ1v) is 7.32. The normalized spacial score (nSPS) is 22.9. The first kappa shape index (κ1) is 13.3. The molecule has 1 N–H and O–H groups in total. The lowest BCUT2D eigenvalue weighted by Gasteiger charge is -2.24. The van der Waals surface area contributed by atoms with Crippen LogP contribution in [-0.2, 0) is 0 Å². The van der Waals surface area contributed by atoms with Gasteiger partial charge in [0.05, 0.1) is 11.8 Å². The molecule has 4 heteroatoms. The van der Waals surface area contributed by atoms with Gasteiger partial charge in [-0.25, -0.2) is 9.67 Å². The van der Waals surface area contributed by atoms with Gasteiger partial charge in [0.2, 0.25) is 0 Å². The maximum Gasteiger partial charge on any atom is 0.148 e. The zero-order chi connectivity index (χ0) is 14.1. The Balaban J connectivity index is 1.96. The van der Waals surface area contributed by atoms with Gasteiger partial charge in [-0.1, -0.05) is 12.1 Å². The minimum Gasteiger partial charge on any atom is -0.393 e. The third kappa shape index (κ3) is 2.61. The van der Waals surface area contributed by atoms with E-state index in [0.29, 0.717) is 5.92 Å². The molecule has 20 heavy (non-hydrogen) atoms. The number of rotatable bonds is 2. The molecule has 0 aliphatic heterocycles. The fourth-order valence-electron chi connectivity index (χ4n) is 2.98. The first-order valence-electron chi connectivity index (χ1n) is 7.32. The Morgan fingerprint density at radius 2 is 1.90 bits per heavy atom. The highest BCUT2D eigenvalue weighted by atomic mass is 16.3. The van der Waals surface area contributed by atoms with Gasteiger partial charge in [0.25, 0.3) is 0 Å². The number of hydrogen-bond acceptors (Lipinski definition) is 3. The lowest BCUT2D eigenvalue weighted by atomic mass is 9.87. The monoisotopic (exact) mass is 271 g/mol. The number of aryl methyl sites for hydroxylation is 2. The van der Waals surface area contributed by atoms with E-state index in [9.17, 15) is 5.11 Å². The molecule has 1 aromatic heterocycles. The van der Waals surface area contributed by atoms with Gasteiger partial charge in [-0.3, -0.25) is 0 Å². The van der Waals surface area contributed by atoms with Gasteiger partial charge < -0.3 is 5.11 Å². The van der Waals surface area contributed by atoms with Crippen molar-refractivity contribution in [1.29, 1.82) is 0 Å². The van der Waals surface area contributed by atoms with Gasteiger partial charge in [-0.15, -0.1) is 0 Å². The Morgan fingerprint density at radius 1 is 1.15 bits per heavy atom. The predicted molar refractivity (Wildman–Crippen MR) is 78.0 cm³/mol. The third-order valence-corrected chi connectivity index (χ3v) is 4.05. The van der Waals surface area contributed by atoms with E-state index < -0.39 is 0 Å². The number of aromatic nitrogens is 3. The van der Waals surface area contributed by atoms with Gasteiger partial charge in [0.1, 0.15) is 11.6 Å². The van der Waals surface area contributed by atoms with Gasteiger partial charge >= 0.3 is 0 Å². The van der Waals surface area contributed by atoms with Crippen LogP contribution in [0.2, 0.25) is 0 Å². The second kappa shape index (κ2) is 5.37. The Bertz CT molecular complexity index is 598. The number of aliphatic hydroxyl groups is 1. The SMILES string of the molecule is Cc1cccc(-n2nc(C)nc2C2CCC(O)CC2)c1. The summed E-state index contributed by atoms with van der Waals surface area (Å²) in [6, 6.07) is 8.34. The van der Waals surface area contributed by atoms with Crippen molar-refractivity contribution < 1.29 is 5.11 Å². The van der Waals surface area contributed by atoms with Crippen molar-refractivity contribution in [2.75, 3.05) is 0 Å². The standard InChI is InChI=1S/C16H21N3O/c1-11-4-3-5-14(10-11)19-16(17-12(2)18-19)13-6-8-15(20)9-7-13/h3-5,10,13,15,20H,6-9H2,1-2H3. The minimum atomic E-state index is -0.136. The van der Waals surface area contributed by atoms with Crippen molar-refractivity contribution in [2.24, 2.45) is 0 Å². The van der Waals surface area contributed by atoms with Crippen molar-refractivity contribution >= 4 is 0 Å². The summed E-state index contributed by atoms with van der Waals surface area (Å²) in [7, 11) is 0. The number of nitrogens with zero attached hydrogens (tertiary/aromatic N) is 3. The van der Waals surface area contributed by atoms with E-state index in [1.54, 1.807) is 0 Å². The van der Waals surface area contributed by atoms with E-state index in [1.165, 1.54) is 5.56 Å². The molecular weight excluding hydrogens is 250 g/mol. The highest BCUT2D eigenvalue weighted by Gasteiger charge is 2.25. The molecule has 4 nitrogen and oxygen atoms in total. The molecule has 106 valence electrons.